The molecule has 0 saturated heterocycles. The Morgan fingerprint density at radius 2 is 1.96 bits per heavy atom. The molecule has 0 spiro atoms. The summed E-state index contributed by atoms with van der Waals surface area (Å²) in [6.07, 6.45) is 8.82. The molecule has 3 fully saturated rings. The molecule has 26 heavy (non-hydrogen) atoms. The second-order valence-electron chi connectivity index (χ2n) is 9.41. The number of carboxylic acid groups (broad SMARTS) is 1. The van der Waals surface area contributed by atoms with Gasteiger partial charge in [0.25, 0.3) is 0 Å². The van der Waals surface area contributed by atoms with Crippen molar-refractivity contribution < 1.29 is 19.8 Å². The van der Waals surface area contributed by atoms with E-state index < -0.39 is 5.97 Å². The lowest BCUT2D eigenvalue weighted by molar-refractivity contribution is -0.133. The van der Waals surface area contributed by atoms with Crippen LogP contribution in [0.2, 0.25) is 0 Å². The number of Topliss-reactive ketones (excluding diaryl/α,β-unsaturated/α-hetero) is 1. The first-order valence-electron chi connectivity index (χ1n) is 10.0. The van der Waals surface area contributed by atoms with E-state index in [0.29, 0.717) is 23.5 Å². The van der Waals surface area contributed by atoms with Gasteiger partial charge >= 0.3 is 5.97 Å². The minimum Gasteiger partial charge on any atom is -0.481 e. The van der Waals surface area contributed by atoms with Gasteiger partial charge in [0.2, 0.25) is 0 Å². The van der Waals surface area contributed by atoms with Crippen molar-refractivity contribution in [2.75, 3.05) is 5.75 Å². The standard InChI is InChI=1S/C21H30O4S/c1-20-7-5-13(22)9-12(20)3-4-14-15(20)6-8-21(2)16(14)10-17(19(21)25)26-11-18(23)24/h3,13-17,22H,4-11H2,1-2H3,(H,23,24)/t13-,14+,15-,16-,17+,20-,21-/m0/s1. The number of carboxylic acids is 1. The van der Waals surface area contributed by atoms with Gasteiger partial charge in [0.05, 0.1) is 17.1 Å². The van der Waals surface area contributed by atoms with Gasteiger partial charge in [0.1, 0.15) is 0 Å². The van der Waals surface area contributed by atoms with E-state index in [2.05, 4.69) is 19.9 Å². The predicted molar refractivity (Wildman–Crippen MR) is 102 cm³/mol. The number of fused-ring (bicyclic) bond motifs is 5. The summed E-state index contributed by atoms with van der Waals surface area (Å²) >= 11 is 1.33. The van der Waals surface area contributed by atoms with E-state index in [0.717, 1.165) is 44.9 Å². The average Bonchev–Trinajstić information content (AvgIpc) is 2.85. The first kappa shape index (κ1) is 18.5. The van der Waals surface area contributed by atoms with Gasteiger partial charge in [0, 0.05) is 5.41 Å². The highest BCUT2D eigenvalue weighted by Gasteiger charge is 2.61. The van der Waals surface area contributed by atoms with Crippen LogP contribution >= 0.6 is 11.8 Å². The fourth-order valence-electron chi connectivity index (χ4n) is 6.72. The largest absolute Gasteiger partial charge is 0.481 e. The number of hydrogen-bond donors (Lipinski definition) is 2. The van der Waals surface area contributed by atoms with Crippen molar-refractivity contribution in [3.8, 4) is 0 Å². The maximum absolute atomic E-state index is 13.1. The third kappa shape index (κ3) is 2.69. The lowest BCUT2D eigenvalue weighted by Crippen LogP contribution is -2.50. The van der Waals surface area contributed by atoms with Gasteiger partial charge in [0.15, 0.2) is 5.78 Å². The second-order valence-corrected chi connectivity index (χ2v) is 10.6. The summed E-state index contributed by atoms with van der Waals surface area (Å²) in [6.45, 7) is 4.53. The van der Waals surface area contributed by atoms with Gasteiger partial charge in [-0.15, -0.1) is 11.8 Å². The third-order valence-electron chi connectivity index (χ3n) is 8.20. The molecule has 0 aromatic carbocycles. The molecule has 4 nitrogen and oxygen atoms in total. The SMILES string of the molecule is C[C@]12CC[C@H](O)CC1=CC[C@@H]1[C@@H]2CC[C@]2(C)C(=O)[C@H](SCC(=O)O)C[C@@H]12. The molecular weight excluding hydrogens is 348 g/mol. The number of rotatable bonds is 3. The molecule has 4 aliphatic rings. The Labute approximate surface area is 159 Å². The highest BCUT2D eigenvalue weighted by molar-refractivity contribution is 8.01. The number of ketones is 1. The molecular formula is C21H30O4S. The Morgan fingerprint density at radius 1 is 1.23 bits per heavy atom. The van der Waals surface area contributed by atoms with Crippen LogP contribution in [-0.4, -0.2) is 39.1 Å². The fraction of sp³-hybridized carbons (Fsp3) is 0.810. The average molecular weight is 379 g/mol. The van der Waals surface area contributed by atoms with E-state index in [9.17, 15) is 14.7 Å². The van der Waals surface area contributed by atoms with E-state index in [-0.39, 0.29) is 27.9 Å². The quantitative estimate of drug-likeness (QED) is 0.733. The van der Waals surface area contributed by atoms with Gasteiger partial charge in [-0.2, -0.15) is 0 Å². The number of hydrogen-bond acceptors (Lipinski definition) is 4. The van der Waals surface area contributed by atoms with Gasteiger partial charge in [-0.25, -0.2) is 0 Å². The smallest absolute Gasteiger partial charge is 0.313 e. The molecule has 2 N–H and O–H groups in total. The molecule has 4 aliphatic carbocycles. The Hall–Kier alpha value is -0.810. The maximum atomic E-state index is 13.1. The van der Waals surface area contributed by atoms with Crippen molar-refractivity contribution in [1.29, 1.82) is 0 Å². The molecule has 4 rings (SSSR count). The topological polar surface area (TPSA) is 74.6 Å². The highest BCUT2D eigenvalue weighted by atomic mass is 32.2. The Bertz CT molecular complexity index is 658. The third-order valence-corrected chi connectivity index (χ3v) is 9.42. The van der Waals surface area contributed by atoms with Crippen LogP contribution in [0.1, 0.15) is 58.8 Å². The first-order valence-corrected chi connectivity index (χ1v) is 11.1. The van der Waals surface area contributed by atoms with E-state index >= 15 is 0 Å². The van der Waals surface area contributed by atoms with Crippen molar-refractivity contribution in [2.24, 2.45) is 28.6 Å². The molecule has 0 amide bonds. The summed E-state index contributed by atoms with van der Waals surface area (Å²) in [6, 6.07) is 0. The van der Waals surface area contributed by atoms with Crippen LogP contribution in [0.3, 0.4) is 0 Å². The molecule has 3 saturated carbocycles. The molecule has 5 heteroatoms. The number of aliphatic hydroxyl groups is 1. The van der Waals surface area contributed by atoms with Crippen LogP contribution in [0.5, 0.6) is 0 Å². The van der Waals surface area contributed by atoms with Crippen LogP contribution in [0.25, 0.3) is 0 Å². The minimum atomic E-state index is -0.834. The number of allylic oxidation sites excluding steroid dienone is 1. The van der Waals surface area contributed by atoms with E-state index in [1.165, 1.54) is 17.3 Å². The minimum absolute atomic E-state index is 0.0208. The zero-order valence-electron chi connectivity index (χ0n) is 15.7. The van der Waals surface area contributed by atoms with E-state index in [1.54, 1.807) is 0 Å². The zero-order valence-corrected chi connectivity index (χ0v) is 16.6. The predicted octanol–water partition coefficient (Wildman–Crippen LogP) is 3.68. The lowest BCUT2D eigenvalue weighted by Gasteiger charge is -2.56. The summed E-state index contributed by atoms with van der Waals surface area (Å²) in [5, 5.41) is 18.9. The molecule has 0 aromatic heterocycles. The monoisotopic (exact) mass is 378 g/mol. The van der Waals surface area contributed by atoms with Crippen molar-refractivity contribution in [1.82, 2.24) is 0 Å². The fourth-order valence-corrected chi connectivity index (χ4v) is 7.83. The molecule has 0 bridgehead atoms. The van der Waals surface area contributed by atoms with E-state index in [1.807, 2.05) is 0 Å². The number of carbonyl (C=O) groups excluding carboxylic acids is 1. The molecule has 0 aliphatic heterocycles. The molecule has 7 atom stereocenters. The molecule has 144 valence electrons. The summed E-state index contributed by atoms with van der Waals surface area (Å²) in [5.41, 5.74) is 1.36. The Kier molecular flexibility index (Phi) is 4.54. The number of aliphatic hydroxyl groups excluding tert-OH is 1. The van der Waals surface area contributed by atoms with Gasteiger partial charge in [-0.3, -0.25) is 9.59 Å². The summed E-state index contributed by atoms with van der Waals surface area (Å²) < 4.78 is 0. The summed E-state index contributed by atoms with van der Waals surface area (Å²) in [4.78, 5) is 24.0. The molecule has 0 unspecified atom stereocenters. The summed E-state index contributed by atoms with van der Waals surface area (Å²) in [7, 11) is 0. The van der Waals surface area contributed by atoms with Crippen molar-refractivity contribution in [2.45, 2.75) is 70.1 Å². The Balaban J connectivity index is 1.60. The van der Waals surface area contributed by atoms with Gasteiger partial charge < -0.3 is 10.2 Å². The maximum Gasteiger partial charge on any atom is 0.313 e. The normalized spacial score (nSPS) is 47.6. The van der Waals surface area contributed by atoms with Crippen LogP contribution < -0.4 is 0 Å². The number of aliphatic carboxylic acids is 1. The van der Waals surface area contributed by atoms with Crippen molar-refractivity contribution in [3.05, 3.63) is 11.6 Å². The van der Waals surface area contributed by atoms with E-state index in [4.69, 9.17) is 5.11 Å². The summed E-state index contributed by atoms with van der Waals surface area (Å²) in [5.74, 6) is 0.987. The van der Waals surface area contributed by atoms with Gasteiger partial charge in [-0.1, -0.05) is 25.5 Å². The second kappa shape index (κ2) is 6.37. The molecule has 0 heterocycles. The first-order chi connectivity index (χ1) is 12.3. The van der Waals surface area contributed by atoms with Crippen molar-refractivity contribution in [3.63, 3.8) is 0 Å². The zero-order chi connectivity index (χ0) is 18.7. The number of carbonyl (C=O) groups is 2. The number of thioether (sulfide) groups is 1. The van der Waals surface area contributed by atoms with Crippen LogP contribution in [0, 0.1) is 28.6 Å². The van der Waals surface area contributed by atoms with Crippen molar-refractivity contribution >= 4 is 23.5 Å². The van der Waals surface area contributed by atoms with Crippen LogP contribution in [0.15, 0.2) is 11.6 Å². The highest BCUT2D eigenvalue weighted by Crippen LogP contribution is 2.64. The molecule has 0 aromatic rings. The Morgan fingerprint density at radius 3 is 2.69 bits per heavy atom. The van der Waals surface area contributed by atoms with Gasteiger partial charge in [-0.05, 0) is 68.1 Å². The lowest BCUT2D eigenvalue weighted by atomic mass is 9.48. The molecule has 0 radical (unpaired) electrons. The van der Waals surface area contributed by atoms with Crippen LogP contribution in [-0.2, 0) is 9.59 Å². The van der Waals surface area contributed by atoms with Crippen LogP contribution in [0.4, 0.5) is 0 Å².